The van der Waals surface area contributed by atoms with Crippen LogP contribution in [-0.2, 0) is 14.8 Å². The van der Waals surface area contributed by atoms with Gasteiger partial charge in [-0.1, -0.05) is 0 Å². The molecule has 1 aromatic rings. The minimum Gasteiger partial charge on any atom is -0.372 e. The maximum absolute atomic E-state index is 12.0. The molecule has 1 amide bonds. The fraction of sp³-hybridized carbons (Fsp3) is 0.562. The van der Waals surface area contributed by atoms with Crippen molar-refractivity contribution in [3.05, 3.63) is 24.3 Å². The molecule has 3 rings (SSSR count). The van der Waals surface area contributed by atoms with Crippen LogP contribution in [0.3, 0.4) is 0 Å². The number of anilines is 2. The van der Waals surface area contributed by atoms with Gasteiger partial charge >= 0.3 is 0 Å². The van der Waals surface area contributed by atoms with Gasteiger partial charge in [-0.3, -0.25) is 9.10 Å². The summed E-state index contributed by atoms with van der Waals surface area (Å²) in [6, 6.07) is 7.63. The molecular weight excluding hydrogens is 314 g/mol. The van der Waals surface area contributed by atoms with E-state index in [1.165, 1.54) is 17.1 Å². The van der Waals surface area contributed by atoms with Gasteiger partial charge in [0.05, 0.1) is 11.9 Å². The van der Waals surface area contributed by atoms with E-state index in [2.05, 4.69) is 10.2 Å². The molecule has 1 saturated heterocycles. The molecule has 1 saturated carbocycles. The largest absolute Gasteiger partial charge is 0.372 e. The number of rotatable bonds is 6. The molecule has 1 aliphatic carbocycles. The summed E-state index contributed by atoms with van der Waals surface area (Å²) >= 11 is 0. The number of nitrogens with zero attached hydrogens (tertiary/aromatic N) is 2. The zero-order chi connectivity index (χ0) is 16.4. The number of carbonyl (C=O) groups is 1. The summed E-state index contributed by atoms with van der Waals surface area (Å²) in [7, 11) is -3.50. The molecule has 0 spiro atoms. The summed E-state index contributed by atoms with van der Waals surface area (Å²) in [6.45, 7) is 1.91. The Bertz CT molecular complexity index is 662. The molecule has 6 nitrogen and oxygen atoms in total. The zero-order valence-electron chi connectivity index (χ0n) is 13.4. The number of nitrogens with one attached hydrogen (secondary N) is 1. The monoisotopic (exact) mass is 337 g/mol. The molecule has 1 N–H and O–H groups in total. The van der Waals surface area contributed by atoms with E-state index in [-0.39, 0.29) is 18.5 Å². The van der Waals surface area contributed by atoms with Gasteiger partial charge in [-0.2, -0.15) is 0 Å². The Morgan fingerprint density at radius 1 is 1.22 bits per heavy atom. The van der Waals surface area contributed by atoms with Gasteiger partial charge in [0.25, 0.3) is 0 Å². The number of amides is 1. The van der Waals surface area contributed by atoms with Crippen molar-refractivity contribution < 1.29 is 13.2 Å². The quantitative estimate of drug-likeness (QED) is 0.850. The van der Waals surface area contributed by atoms with Crippen molar-refractivity contribution in [2.75, 3.05) is 35.1 Å². The molecular formula is C16H23N3O3S. The van der Waals surface area contributed by atoms with Crippen LogP contribution < -0.4 is 14.5 Å². The van der Waals surface area contributed by atoms with Crippen molar-refractivity contribution in [2.24, 2.45) is 0 Å². The molecule has 0 aromatic heterocycles. The predicted octanol–water partition coefficient (Wildman–Crippen LogP) is 1.33. The fourth-order valence-electron chi connectivity index (χ4n) is 2.84. The van der Waals surface area contributed by atoms with Gasteiger partial charge in [-0.25, -0.2) is 8.42 Å². The molecule has 7 heteroatoms. The first-order valence-electron chi connectivity index (χ1n) is 8.05. The maximum atomic E-state index is 12.0. The van der Waals surface area contributed by atoms with E-state index in [1.807, 2.05) is 12.1 Å². The lowest BCUT2D eigenvalue weighted by Gasteiger charge is -2.23. The molecule has 126 valence electrons. The number of benzene rings is 1. The minimum absolute atomic E-state index is 0.168. The first kappa shape index (κ1) is 16.1. The normalized spacial score (nSPS) is 18.0. The Kier molecular flexibility index (Phi) is 4.48. The molecule has 0 radical (unpaired) electrons. The Hall–Kier alpha value is -1.76. The lowest BCUT2D eigenvalue weighted by molar-refractivity contribution is -0.119. The van der Waals surface area contributed by atoms with Gasteiger partial charge in [-0.15, -0.1) is 0 Å². The number of hydrogen-bond acceptors (Lipinski definition) is 4. The second-order valence-corrected chi connectivity index (χ2v) is 8.23. The van der Waals surface area contributed by atoms with E-state index in [4.69, 9.17) is 0 Å². The highest BCUT2D eigenvalue weighted by Gasteiger charge is 2.26. The maximum Gasteiger partial charge on any atom is 0.240 e. The SMILES string of the molecule is CS(=O)(=O)N(CC(=O)NC1CC1)c1ccc(N2CCCC2)cc1. The Balaban J connectivity index is 1.74. The molecule has 1 heterocycles. The minimum atomic E-state index is -3.50. The van der Waals surface area contributed by atoms with Crippen molar-refractivity contribution in [3.63, 3.8) is 0 Å². The first-order valence-corrected chi connectivity index (χ1v) is 9.90. The van der Waals surface area contributed by atoms with E-state index in [0.29, 0.717) is 5.69 Å². The second kappa shape index (κ2) is 6.39. The lowest BCUT2D eigenvalue weighted by Crippen LogP contribution is -2.41. The van der Waals surface area contributed by atoms with Gasteiger partial charge < -0.3 is 10.2 Å². The highest BCUT2D eigenvalue weighted by atomic mass is 32.2. The van der Waals surface area contributed by atoms with Crippen molar-refractivity contribution in [3.8, 4) is 0 Å². The van der Waals surface area contributed by atoms with Crippen LogP contribution in [0.1, 0.15) is 25.7 Å². The average molecular weight is 337 g/mol. The van der Waals surface area contributed by atoms with Gasteiger partial charge in [0, 0.05) is 24.8 Å². The average Bonchev–Trinajstić information content (AvgIpc) is 3.14. The van der Waals surface area contributed by atoms with Crippen LogP contribution in [0.5, 0.6) is 0 Å². The summed E-state index contributed by atoms with van der Waals surface area (Å²) in [5.41, 5.74) is 1.63. The Morgan fingerprint density at radius 2 is 1.83 bits per heavy atom. The molecule has 23 heavy (non-hydrogen) atoms. The van der Waals surface area contributed by atoms with Gasteiger partial charge in [-0.05, 0) is 49.9 Å². The van der Waals surface area contributed by atoms with Crippen LogP contribution in [0.4, 0.5) is 11.4 Å². The third kappa shape index (κ3) is 4.16. The van der Waals surface area contributed by atoms with Crippen LogP contribution in [-0.4, -0.2) is 46.3 Å². The van der Waals surface area contributed by atoms with Crippen molar-refractivity contribution in [1.29, 1.82) is 0 Å². The number of sulfonamides is 1. The third-order valence-electron chi connectivity index (χ3n) is 4.24. The number of carbonyl (C=O) groups excluding carboxylic acids is 1. The van der Waals surface area contributed by atoms with Crippen LogP contribution in [0, 0.1) is 0 Å². The molecule has 0 atom stereocenters. The summed E-state index contributed by atoms with van der Waals surface area (Å²) in [4.78, 5) is 14.3. The van der Waals surface area contributed by atoms with Crippen molar-refractivity contribution in [1.82, 2.24) is 5.32 Å². The van der Waals surface area contributed by atoms with E-state index in [1.54, 1.807) is 12.1 Å². The first-order chi connectivity index (χ1) is 10.9. The fourth-order valence-corrected chi connectivity index (χ4v) is 3.69. The molecule has 0 bridgehead atoms. The summed E-state index contributed by atoms with van der Waals surface area (Å²) < 4.78 is 25.3. The van der Waals surface area contributed by atoms with E-state index < -0.39 is 10.0 Å². The summed E-state index contributed by atoms with van der Waals surface area (Å²) in [5, 5.41) is 2.83. The van der Waals surface area contributed by atoms with Gasteiger partial charge in [0.15, 0.2) is 0 Å². The molecule has 0 unspecified atom stereocenters. The number of hydrogen-bond donors (Lipinski definition) is 1. The molecule has 2 fully saturated rings. The van der Waals surface area contributed by atoms with Crippen LogP contribution in [0.25, 0.3) is 0 Å². The highest BCUT2D eigenvalue weighted by Crippen LogP contribution is 2.25. The summed E-state index contributed by atoms with van der Waals surface area (Å²) in [5.74, 6) is -0.249. The lowest BCUT2D eigenvalue weighted by atomic mass is 10.2. The van der Waals surface area contributed by atoms with E-state index in [0.717, 1.165) is 37.9 Å². The van der Waals surface area contributed by atoms with Crippen molar-refractivity contribution >= 4 is 27.3 Å². The molecule has 1 aliphatic heterocycles. The third-order valence-corrected chi connectivity index (χ3v) is 5.38. The molecule has 2 aliphatic rings. The van der Waals surface area contributed by atoms with E-state index >= 15 is 0 Å². The zero-order valence-corrected chi connectivity index (χ0v) is 14.2. The standard InChI is InChI=1S/C16H23N3O3S/c1-23(21,22)19(12-16(20)17-13-4-5-13)15-8-6-14(7-9-15)18-10-2-3-11-18/h6-9,13H,2-5,10-12H2,1H3,(H,17,20). The van der Waals surface area contributed by atoms with Gasteiger partial charge in [0.1, 0.15) is 6.54 Å². The Morgan fingerprint density at radius 3 is 2.35 bits per heavy atom. The second-order valence-electron chi connectivity index (χ2n) is 6.32. The topological polar surface area (TPSA) is 69.7 Å². The van der Waals surface area contributed by atoms with Crippen LogP contribution in [0.15, 0.2) is 24.3 Å². The smallest absolute Gasteiger partial charge is 0.240 e. The predicted molar refractivity (Wildman–Crippen MR) is 91.2 cm³/mol. The van der Waals surface area contributed by atoms with Crippen LogP contribution >= 0.6 is 0 Å². The Labute approximate surface area is 137 Å². The van der Waals surface area contributed by atoms with Crippen LogP contribution in [0.2, 0.25) is 0 Å². The highest BCUT2D eigenvalue weighted by molar-refractivity contribution is 7.92. The van der Waals surface area contributed by atoms with Gasteiger partial charge in [0.2, 0.25) is 15.9 Å². The molecule has 1 aromatic carbocycles. The van der Waals surface area contributed by atoms with Crippen molar-refractivity contribution in [2.45, 2.75) is 31.7 Å². The van der Waals surface area contributed by atoms with E-state index in [9.17, 15) is 13.2 Å². The summed E-state index contributed by atoms with van der Waals surface area (Å²) in [6.07, 6.45) is 5.48.